The van der Waals surface area contributed by atoms with Gasteiger partial charge in [0, 0.05) is 12.2 Å². The quantitative estimate of drug-likeness (QED) is 0.839. The first-order valence-corrected chi connectivity index (χ1v) is 6.70. The second-order valence-corrected chi connectivity index (χ2v) is 4.90. The van der Waals surface area contributed by atoms with E-state index < -0.39 is 18.0 Å². The molecule has 0 aromatic heterocycles. The second kappa shape index (κ2) is 7.90. The van der Waals surface area contributed by atoms with E-state index in [1.54, 1.807) is 38.1 Å². The Hall–Kier alpha value is -2.55. The highest BCUT2D eigenvalue weighted by Gasteiger charge is 2.26. The maximum atomic E-state index is 12.3. The van der Waals surface area contributed by atoms with Gasteiger partial charge in [-0.2, -0.15) is 5.26 Å². The highest BCUT2D eigenvalue weighted by atomic mass is 16.4. The third kappa shape index (κ3) is 4.80. The maximum absolute atomic E-state index is 12.3. The number of hydrogen-bond donors (Lipinski definition) is 2. The van der Waals surface area contributed by atoms with E-state index in [1.807, 2.05) is 12.1 Å². The number of nitriles is 1. The standard InChI is InChI=1S/C15H19N3O3/c1-11(2)13(14(19)20)17-15(21)18(10-6-9-16)12-7-4-3-5-8-12/h3-5,7-8,11,13H,6,10H2,1-2H3,(H,17,21)(H,19,20)/t13-/m0/s1. The van der Waals surface area contributed by atoms with Crippen molar-refractivity contribution < 1.29 is 14.7 Å². The molecule has 1 aromatic carbocycles. The number of amides is 2. The van der Waals surface area contributed by atoms with Crippen molar-refractivity contribution in [3.8, 4) is 6.07 Å². The van der Waals surface area contributed by atoms with Crippen LogP contribution >= 0.6 is 0 Å². The lowest BCUT2D eigenvalue weighted by Crippen LogP contribution is -2.50. The number of rotatable bonds is 6. The molecule has 21 heavy (non-hydrogen) atoms. The first kappa shape index (κ1) is 16.5. The minimum absolute atomic E-state index is 0.168. The molecule has 0 bridgehead atoms. The van der Waals surface area contributed by atoms with Crippen LogP contribution < -0.4 is 10.2 Å². The van der Waals surface area contributed by atoms with Crippen LogP contribution in [-0.4, -0.2) is 29.7 Å². The number of carbonyl (C=O) groups is 2. The number of benzene rings is 1. The Morgan fingerprint density at radius 1 is 1.33 bits per heavy atom. The SMILES string of the molecule is CC(C)[C@H](NC(=O)N(CCC#N)c1ccccc1)C(=O)O. The van der Waals surface area contributed by atoms with Gasteiger partial charge in [-0.05, 0) is 18.1 Å². The van der Waals surface area contributed by atoms with E-state index in [0.717, 1.165) is 0 Å². The summed E-state index contributed by atoms with van der Waals surface area (Å²) in [4.78, 5) is 24.9. The number of hydrogen-bond acceptors (Lipinski definition) is 3. The molecule has 0 aliphatic rings. The van der Waals surface area contributed by atoms with Crippen LogP contribution in [0.25, 0.3) is 0 Å². The summed E-state index contributed by atoms with van der Waals surface area (Å²) in [5.74, 6) is -1.31. The minimum atomic E-state index is -1.08. The molecule has 1 rings (SSSR count). The molecule has 1 atom stereocenters. The summed E-state index contributed by atoms with van der Waals surface area (Å²) in [7, 11) is 0. The van der Waals surface area contributed by atoms with Gasteiger partial charge in [-0.3, -0.25) is 4.90 Å². The van der Waals surface area contributed by atoms with Crippen LogP contribution in [0.3, 0.4) is 0 Å². The number of nitrogens with zero attached hydrogens (tertiary/aromatic N) is 2. The number of carbonyl (C=O) groups excluding carboxylic acids is 1. The fraction of sp³-hybridized carbons (Fsp3) is 0.400. The summed E-state index contributed by atoms with van der Waals surface area (Å²) in [6.07, 6.45) is 0.168. The number of carboxylic acid groups (broad SMARTS) is 1. The smallest absolute Gasteiger partial charge is 0.326 e. The molecule has 0 heterocycles. The molecule has 0 fully saturated rings. The number of carboxylic acids is 1. The van der Waals surface area contributed by atoms with Crippen molar-refractivity contribution in [1.29, 1.82) is 5.26 Å². The van der Waals surface area contributed by atoms with Gasteiger partial charge in [0.1, 0.15) is 6.04 Å². The number of para-hydroxylation sites is 1. The second-order valence-electron chi connectivity index (χ2n) is 4.90. The summed E-state index contributed by atoms with van der Waals surface area (Å²) >= 11 is 0. The Bertz CT molecular complexity index is 523. The van der Waals surface area contributed by atoms with Crippen molar-refractivity contribution in [2.24, 2.45) is 5.92 Å². The number of anilines is 1. The van der Waals surface area contributed by atoms with Crippen molar-refractivity contribution in [3.05, 3.63) is 30.3 Å². The van der Waals surface area contributed by atoms with Gasteiger partial charge >= 0.3 is 12.0 Å². The Morgan fingerprint density at radius 3 is 2.43 bits per heavy atom. The summed E-state index contributed by atoms with van der Waals surface area (Å²) in [6.45, 7) is 3.65. The summed E-state index contributed by atoms with van der Waals surface area (Å²) in [5.41, 5.74) is 0.623. The van der Waals surface area contributed by atoms with Crippen LogP contribution in [0.4, 0.5) is 10.5 Å². The van der Waals surface area contributed by atoms with E-state index in [9.17, 15) is 9.59 Å². The molecule has 0 saturated carbocycles. The van der Waals surface area contributed by atoms with E-state index >= 15 is 0 Å². The van der Waals surface area contributed by atoms with Crippen LogP contribution in [0.5, 0.6) is 0 Å². The fourth-order valence-electron chi connectivity index (χ4n) is 1.84. The molecule has 0 aliphatic heterocycles. The molecule has 0 spiro atoms. The predicted molar refractivity (Wildman–Crippen MR) is 78.8 cm³/mol. The highest BCUT2D eigenvalue weighted by Crippen LogP contribution is 2.14. The zero-order chi connectivity index (χ0) is 15.8. The third-order valence-corrected chi connectivity index (χ3v) is 2.97. The van der Waals surface area contributed by atoms with Gasteiger partial charge in [0.25, 0.3) is 0 Å². The van der Waals surface area contributed by atoms with E-state index in [0.29, 0.717) is 5.69 Å². The van der Waals surface area contributed by atoms with Gasteiger partial charge in [-0.1, -0.05) is 32.0 Å². The molecule has 0 aliphatic carbocycles. The zero-order valence-corrected chi connectivity index (χ0v) is 12.1. The van der Waals surface area contributed by atoms with E-state index in [4.69, 9.17) is 10.4 Å². The maximum Gasteiger partial charge on any atom is 0.326 e. The normalized spacial score (nSPS) is 11.5. The molecule has 1 aromatic rings. The van der Waals surface area contributed by atoms with Crippen LogP contribution in [0.1, 0.15) is 20.3 Å². The molecule has 2 N–H and O–H groups in total. The first-order chi connectivity index (χ1) is 9.97. The van der Waals surface area contributed by atoms with Crippen molar-refractivity contribution in [1.82, 2.24) is 5.32 Å². The largest absolute Gasteiger partial charge is 0.480 e. The van der Waals surface area contributed by atoms with Gasteiger partial charge in [-0.15, -0.1) is 0 Å². The topological polar surface area (TPSA) is 93.4 Å². The van der Waals surface area contributed by atoms with Gasteiger partial charge < -0.3 is 10.4 Å². The average Bonchev–Trinajstić information content (AvgIpc) is 2.45. The Balaban J connectivity index is 2.91. The molecule has 112 valence electrons. The van der Waals surface area contributed by atoms with Gasteiger partial charge in [0.15, 0.2) is 0 Å². The number of aliphatic carboxylic acids is 1. The molecule has 6 heteroatoms. The Morgan fingerprint density at radius 2 is 1.95 bits per heavy atom. The lowest BCUT2D eigenvalue weighted by molar-refractivity contribution is -0.140. The van der Waals surface area contributed by atoms with Crippen molar-refractivity contribution in [2.45, 2.75) is 26.3 Å². The third-order valence-electron chi connectivity index (χ3n) is 2.97. The molecule has 0 unspecified atom stereocenters. The zero-order valence-electron chi connectivity index (χ0n) is 12.1. The monoisotopic (exact) mass is 289 g/mol. The Kier molecular flexibility index (Phi) is 6.21. The van der Waals surface area contributed by atoms with Gasteiger partial charge in [0.2, 0.25) is 0 Å². The van der Waals surface area contributed by atoms with Crippen LogP contribution in [0.2, 0.25) is 0 Å². The van der Waals surface area contributed by atoms with Gasteiger partial charge in [0.05, 0.1) is 12.5 Å². The van der Waals surface area contributed by atoms with Crippen molar-refractivity contribution in [3.63, 3.8) is 0 Å². The molecule has 2 amide bonds. The van der Waals surface area contributed by atoms with Crippen LogP contribution in [-0.2, 0) is 4.79 Å². The van der Waals surface area contributed by atoms with E-state index in [-0.39, 0.29) is 18.9 Å². The summed E-state index contributed by atoms with van der Waals surface area (Å²) in [5, 5.41) is 20.3. The highest BCUT2D eigenvalue weighted by molar-refractivity contribution is 5.94. The van der Waals surface area contributed by atoms with Gasteiger partial charge in [-0.25, -0.2) is 9.59 Å². The fourth-order valence-corrected chi connectivity index (χ4v) is 1.84. The lowest BCUT2D eigenvalue weighted by atomic mass is 10.1. The molecular weight excluding hydrogens is 270 g/mol. The summed E-state index contributed by atoms with van der Waals surface area (Å²) < 4.78 is 0. The van der Waals surface area contributed by atoms with E-state index in [2.05, 4.69) is 5.32 Å². The minimum Gasteiger partial charge on any atom is -0.480 e. The Labute approximate surface area is 124 Å². The molecule has 0 saturated heterocycles. The number of nitrogens with one attached hydrogen (secondary N) is 1. The van der Waals surface area contributed by atoms with Crippen molar-refractivity contribution in [2.75, 3.05) is 11.4 Å². The average molecular weight is 289 g/mol. The molecular formula is C15H19N3O3. The lowest BCUT2D eigenvalue weighted by Gasteiger charge is -2.26. The molecule has 6 nitrogen and oxygen atoms in total. The van der Waals surface area contributed by atoms with E-state index in [1.165, 1.54) is 4.90 Å². The molecule has 0 radical (unpaired) electrons. The van der Waals surface area contributed by atoms with Crippen LogP contribution in [0, 0.1) is 17.2 Å². The summed E-state index contributed by atoms with van der Waals surface area (Å²) in [6, 6.07) is 9.35. The predicted octanol–water partition coefficient (Wildman–Crippen LogP) is 2.23. The first-order valence-electron chi connectivity index (χ1n) is 6.70. The number of urea groups is 1. The van der Waals surface area contributed by atoms with Crippen molar-refractivity contribution >= 4 is 17.7 Å². The van der Waals surface area contributed by atoms with Crippen LogP contribution in [0.15, 0.2) is 30.3 Å².